The van der Waals surface area contributed by atoms with E-state index in [1.54, 1.807) is 4.90 Å². The first kappa shape index (κ1) is 16.6. The molecule has 0 aliphatic carbocycles. The largest absolute Gasteiger partial charge is 0.453 e. The van der Waals surface area contributed by atoms with E-state index < -0.39 is 11.7 Å². The Kier molecular flexibility index (Phi) is 5.65. The summed E-state index contributed by atoms with van der Waals surface area (Å²) in [5.74, 6) is 0.364. The Morgan fingerprint density at radius 3 is 2.45 bits per heavy atom. The van der Waals surface area contributed by atoms with Crippen molar-refractivity contribution in [1.29, 1.82) is 0 Å². The van der Waals surface area contributed by atoms with Crippen molar-refractivity contribution in [1.82, 2.24) is 10.2 Å². The summed E-state index contributed by atoms with van der Waals surface area (Å²) in [5, 5.41) is 2.84. The SMILES string of the molecule is CCC1CC(NC(=O)OC(C)(C)C)CN(C(=O)OC)C1. The topological polar surface area (TPSA) is 67.9 Å². The van der Waals surface area contributed by atoms with Crippen LogP contribution in [0.2, 0.25) is 0 Å². The van der Waals surface area contributed by atoms with Crippen molar-refractivity contribution in [2.45, 2.75) is 52.2 Å². The van der Waals surface area contributed by atoms with Gasteiger partial charge in [0.15, 0.2) is 0 Å². The first-order chi connectivity index (χ1) is 9.25. The van der Waals surface area contributed by atoms with E-state index in [0.717, 1.165) is 12.8 Å². The maximum Gasteiger partial charge on any atom is 0.409 e. The lowest BCUT2D eigenvalue weighted by atomic mass is 9.92. The van der Waals surface area contributed by atoms with Crippen LogP contribution in [0.1, 0.15) is 40.5 Å². The van der Waals surface area contributed by atoms with Crippen LogP contribution in [0.5, 0.6) is 0 Å². The number of likely N-dealkylation sites (tertiary alicyclic amines) is 1. The molecule has 0 aromatic heterocycles. The summed E-state index contributed by atoms with van der Waals surface area (Å²) in [7, 11) is 1.37. The van der Waals surface area contributed by atoms with Crippen LogP contribution in [0.3, 0.4) is 0 Å². The predicted octanol–water partition coefficient (Wildman–Crippen LogP) is 2.38. The molecule has 0 bridgehead atoms. The zero-order valence-corrected chi connectivity index (χ0v) is 13.1. The minimum absolute atomic E-state index is 0.0948. The fourth-order valence-electron chi connectivity index (χ4n) is 2.36. The molecule has 1 saturated heterocycles. The average molecular weight is 286 g/mol. The molecule has 0 aromatic carbocycles. The molecule has 6 nitrogen and oxygen atoms in total. The second-order valence-electron chi connectivity index (χ2n) is 6.23. The summed E-state index contributed by atoms with van der Waals surface area (Å²) in [6.07, 6.45) is 1.02. The maximum atomic E-state index is 11.8. The lowest BCUT2D eigenvalue weighted by molar-refractivity contribution is 0.0434. The van der Waals surface area contributed by atoms with Crippen LogP contribution >= 0.6 is 0 Å². The molecule has 1 aliphatic rings. The molecule has 0 spiro atoms. The van der Waals surface area contributed by atoms with Crippen molar-refractivity contribution in [3.05, 3.63) is 0 Å². The Hall–Kier alpha value is -1.46. The summed E-state index contributed by atoms with van der Waals surface area (Å²) < 4.78 is 10.0. The van der Waals surface area contributed by atoms with E-state index in [0.29, 0.717) is 19.0 Å². The first-order valence-electron chi connectivity index (χ1n) is 7.07. The molecule has 6 heteroatoms. The number of hydrogen-bond donors (Lipinski definition) is 1. The minimum atomic E-state index is -0.523. The molecule has 2 atom stereocenters. The number of alkyl carbamates (subject to hydrolysis) is 1. The Labute approximate surface area is 120 Å². The van der Waals surface area contributed by atoms with Gasteiger partial charge in [-0.25, -0.2) is 9.59 Å². The number of methoxy groups -OCH3 is 1. The van der Waals surface area contributed by atoms with Gasteiger partial charge in [0.2, 0.25) is 0 Å². The van der Waals surface area contributed by atoms with Crippen LogP contribution in [-0.2, 0) is 9.47 Å². The van der Waals surface area contributed by atoms with E-state index in [-0.39, 0.29) is 12.1 Å². The number of carbonyl (C=O) groups excluding carboxylic acids is 2. The quantitative estimate of drug-likeness (QED) is 0.846. The molecule has 0 radical (unpaired) electrons. The molecule has 1 fully saturated rings. The Bertz CT molecular complexity index is 352. The van der Waals surface area contributed by atoms with Crippen molar-refractivity contribution in [2.24, 2.45) is 5.92 Å². The number of piperidine rings is 1. The highest BCUT2D eigenvalue weighted by Crippen LogP contribution is 2.20. The van der Waals surface area contributed by atoms with Crippen molar-refractivity contribution >= 4 is 12.2 Å². The number of nitrogens with zero attached hydrogens (tertiary/aromatic N) is 1. The highest BCUT2D eigenvalue weighted by molar-refractivity contribution is 5.69. The van der Waals surface area contributed by atoms with Gasteiger partial charge in [-0.2, -0.15) is 0 Å². The molecule has 1 heterocycles. The molecule has 2 unspecified atom stereocenters. The van der Waals surface area contributed by atoms with Crippen LogP contribution < -0.4 is 5.32 Å². The zero-order valence-electron chi connectivity index (χ0n) is 13.1. The Morgan fingerprint density at radius 1 is 1.30 bits per heavy atom. The van der Waals surface area contributed by atoms with Crippen LogP contribution in [0.15, 0.2) is 0 Å². The number of nitrogens with one attached hydrogen (secondary N) is 1. The van der Waals surface area contributed by atoms with Crippen molar-refractivity contribution in [3.8, 4) is 0 Å². The highest BCUT2D eigenvalue weighted by Gasteiger charge is 2.31. The smallest absolute Gasteiger partial charge is 0.409 e. The van der Waals surface area contributed by atoms with Crippen LogP contribution in [0.25, 0.3) is 0 Å². The number of hydrogen-bond acceptors (Lipinski definition) is 4. The normalized spacial score (nSPS) is 23.1. The van der Waals surface area contributed by atoms with Crippen molar-refractivity contribution < 1.29 is 19.1 Å². The van der Waals surface area contributed by atoms with E-state index in [4.69, 9.17) is 9.47 Å². The average Bonchev–Trinajstić information content (AvgIpc) is 2.34. The molecule has 116 valence electrons. The van der Waals surface area contributed by atoms with Gasteiger partial charge in [-0.15, -0.1) is 0 Å². The Morgan fingerprint density at radius 2 is 1.95 bits per heavy atom. The number of ether oxygens (including phenoxy) is 2. The van der Waals surface area contributed by atoms with Crippen molar-refractivity contribution in [2.75, 3.05) is 20.2 Å². The summed E-state index contributed by atoms with van der Waals surface area (Å²) in [4.78, 5) is 25.1. The van der Waals surface area contributed by atoms with Crippen LogP contribution in [-0.4, -0.2) is 48.9 Å². The highest BCUT2D eigenvalue weighted by atomic mass is 16.6. The molecular weight excluding hydrogens is 260 g/mol. The number of amides is 2. The van der Waals surface area contributed by atoms with E-state index in [2.05, 4.69) is 12.2 Å². The lowest BCUT2D eigenvalue weighted by Gasteiger charge is -2.37. The van der Waals surface area contributed by atoms with E-state index in [1.165, 1.54) is 7.11 Å². The van der Waals surface area contributed by atoms with Gasteiger partial charge in [0.25, 0.3) is 0 Å². The summed E-state index contributed by atoms with van der Waals surface area (Å²) in [6.45, 7) is 8.68. The fraction of sp³-hybridized carbons (Fsp3) is 0.857. The van der Waals surface area contributed by atoms with Gasteiger partial charge in [0.1, 0.15) is 5.60 Å². The minimum Gasteiger partial charge on any atom is -0.453 e. The summed E-state index contributed by atoms with van der Waals surface area (Å²) in [5.41, 5.74) is -0.523. The van der Waals surface area contributed by atoms with Gasteiger partial charge in [-0.3, -0.25) is 0 Å². The Balaban J connectivity index is 2.59. The summed E-state index contributed by atoms with van der Waals surface area (Å²) in [6, 6.07) is -0.0948. The van der Waals surface area contributed by atoms with Crippen molar-refractivity contribution in [3.63, 3.8) is 0 Å². The monoisotopic (exact) mass is 286 g/mol. The zero-order chi connectivity index (χ0) is 15.3. The molecule has 0 saturated carbocycles. The molecular formula is C14H26N2O4. The molecule has 20 heavy (non-hydrogen) atoms. The third-order valence-electron chi connectivity index (χ3n) is 3.27. The standard InChI is InChI=1S/C14H26N2O4/c1-6-10-7-11(9-16(8-10)13(18)19-5)15-12(17)20-14(2,3)4/h10-11H,6-9H2,1-5H3,(H,15,17). The van der Waals surface area contributed by atoms with Gasteiger partial charge in [-0.05, 0) is 33.1 Å². The van der Waals surface area contributed by atoms with Gasteiger partial charge in [0.05, 0.1) is 13.2 Å². The van der Waals surface area contributed by atoms with Gasteiger partial charge < -0.3 is 19.7 Å². The van der Waals surface area contributed by atoms with E-state index in [9.17, 15) is 9.59 Å². The first-order valence-corrected chi connectivity index (χ1v) is 7.07. The molecule has 1 N–H and O–H groups in total. The molecule has 1 rings (SSSR count). The number of carbonyl (C=O) groups is 2. The van der Waals surface area contributed by atoms with Crippen LogP contribution in [0.4, 0.5) is 9.59 Å². The molecule has 0 aromatic rings. The van der Waals surface area contributed by atoms with Gasteiger partial charge in [-0.1, -0.05) is 13.3 Å². The second-order valence-corrected chi connectivity index (χ2v) is 6.23. The number of rotatable bonds is 2. The summed E-state index contributed by atoms with van der Waals surface area (Å²) >= 11 is 0. The van der Waals surface area contributed by atoms with Gasteiger partial charge in [0, 0.05) is 13.1 Å². The molecule has 2 amide bonds. The second kappa shape index (κ2) is 6.81. The predicted molar refractivity (Wildman–Crippen MR) is 75.5 cm³/mol. The third kappa shape index (κ3) is 5.27. The van der Waals surface area contributed by atoms with Crippen LogP contribution in [0, 0.1) is 5.92 Å². The lowest BCUT2D eigenvalue weighted by Crippen LogP contribution is -2.53. The van der Waals surface area contributed by atoms with E-state index >= 15 is 0 Å². The molecule has 1 aliphatic heterocycles. The third-order valence-corrected chi connectivity index (χ3v) is 3.27. The maximum absolute atomic E-state index is 11.8. The fourth-order valence-corrected chi connectivity index (χ4v) is 2.36. The van der Waals surface area contributed by atoms with Gasteiger partial charge >= 0.3 is 12.2 Å². The van der Waals surface area contributed by atoms with E-state index in [1.807, 2.05) is 20.8 Å².